The second kappa shape index (κ2) is 5.92. The predicted octanol–water partition coefficient (Wildman–Crippen LogP) is -0.998. The van der Waals surface area contributed by atoms with Gasteiger partial charge in [0.25, 0.3) is 5.91 Å². The van der Waals surface area contributed by atoms with Gasteiger partial charge < -0.3 is 16.5 Å². The topological polar surface area (TPSA) is 136 Å². The number of rotatable bonds is 5. The van der Waals surface area contributed by atoms with Gasteiger partial charge in [0, 0.05) is 0 Å². The molecule has 18 heavy (non-hydrogen) atoms. The highest BCUT2D eigenvalue weighted by Gasteiger charge is 2.22. The fourth-order valence-corrected chi connectivity index (χ4v) is 1.30. The van der Waals surface area contributed by atoms with E-state index in [0.29, 0.717) is 5.82 Å². The van der Waals surface area contributed by atoms with Crippen LogP contribution in [0.15, 0.2) is 12.4 Å². The Labute approximate surface area is 104 Å². The van der Waals surface area contributed by atoms with Gasteiger partial charge >= 0.3 is 0 Å². The highest BCUT2D eigenvalue weighted by molar-refractivity contribution is 5.95. The summed E-state index contributed by atoms with van der Waals surface area (Å²) in [6, 6.07) is -0.744. The van der Waals surface area contributed by atoms with E-state index in [2.05, 4.69) is 20.7 Å². The van der Waals surface area contributed by atoms with Crippen molar-refractivity contribution in [3.05, 3.63) is 18.1 Å². The molecule has 0 aliphatic heterocycles. The molecule has 0 aliphatic carbocycles. The smallest absolute Gasteiger partial charge is 0.272 e. The molecule has 8 heteroatoms. The maximum absolute atomic E-state index is 11.8. The average Bonchev–Trinajstić information content (AvgIpc) is 2.35. The first-order valence-corrected chi connectivity index (χ1v) is 5.34. The van der Waals surface area contributed by atoms with Crippen molar-refractivity contribution in [2.45, 2.75) is 19.9 Å². The number of carbonyl (C=O) groups excluding carboxylic acids is 2. The highest BCUT2D eigenvalue weighted by atomic mass is 16.2. The van der Waals surface area contributed by atoms with Gasteiger partial charge in [-0.1, -0.05) is 13.8 Å². The Kier molecular flexibility index (Phi) is 4.55. The molecule has 0 bridgehead atoms. The van der Waals surface area contributed by atoms with E-state index in [1.165, 1.54) is 12.4 Å². The number of nitrogens with one attached hydrogen (secondary N) is 2. The molecule has 1 atom stereocenters. The number of nitrogens with two attached hydrogens (primary N) is 2. The number of anilines is 1. The molecular formula is C10H16N6O2. The molecule has 1 aromatic rings. The molecular weight excluding hydrogens is 236 g/mol. The molecule has 0 saturated heterocycles. The fourth-order valence-electron chi connectivity index (χ4n) is 1.30. The summed E-state index contributed by atoms with van der Waals surface area (Å²) in [5.74, 6) is 4.25. The Morgan fingerprint density at radius 1 is 1.28 bits per heavy atom. The van der Waals surface area contributed by atoms with Crippen LogP contribution in [-0.2, 0) is 4.79 Å². The molecule has 8 nitrogen and oxygen atoms in total. The van der Waals surface area contributed by atoms with Crippen LogP contribution in [0.25, 0.3) is 0 Å². The average molecular weight is 252 g/mol. The van der Waals surface area contributed by atoms with E-state index in [9.17, 15) is 9.59 Å². The molecule has 0 aliphatic rings. The molecule has 0 spiro atoms. The summed E-state index contributed by atoms with van der Waals surface area (Å²) in [7, 11) is 0. The monoisotopic (exact) mass is 252 g/mol. The Balaban J connectivity index is 2.77. The van der Waals surface area contributed by atoms with E-state index >= 15 is 0 Å². The summed E-state index contributed by atoms with van der Waals surface area (Å²) in [5, 5.41) is 2.50. The first-order chi connectivity index (χ1) is 8.45. The van der Waals surface area contributed by atoms with Crippen LogP contribution in [0.4, 0.5) is 5.82 Å². The van der Waals surface area contributed by atoms with Crippen LogP contribution in [0.2, 0.25) is 0 Å². The fraction of sp³-hybridized carbons (Fsp3) is 0.400. The number of hydrogen-bond acceptors (Lipinski definition) is 6. The summed E-state index contributed by atoms with van der Waals surface area (Å²) in [5.41, 5.74) is 7.57. The molecule has 1 aromatic heterocycles. The Morgan fingerprint density at radius 2 is 1.94 bits per heavy atom. The first kappa shape index (κ1) is 13.8. The molecule has 1 unspecified atom stereocenters. The van der Waals surface area contributed by atoms with E-state index in [1.807, 2.05) is 0 Å². The number of nitrogens with zero attached hydrogens (tertiary/aromatic N) is 2. The van der Waals surface area contributed by atoms with E-state index < -0.39 is 17.9 Å². The van der Waals surface area contributed by atoms with Gasteiger partial charge in [-0.25, -0.2) is 15.8 Å². The number of hydrazine groups is 1. The lowest BCUT2D eigenvalue weighted by Gasteiger charge is -2.18. The van der Waals surface area contributed by atoms with Crippen molar-refractivity contribution in [2.24, 2.45) is 17.5 Å². The lowest BCUT2D eigenvalue weighted by molar-refractivity contribution is -0.120. The quantitative estimate of drug-likeness (QED) is 0.392. The largest absolute Gasteiger partial charge is 0.368 e. The molecule has 0 radical (unpaired) electrons. The van der Waals surface area contributed by atoms with E-state index in [4.69, 9.17) is 11.6 Å². The first-order valence-electron chi connectivity index (χ1n) is 5.34. The lowest BCUT2D eigenvalue weighted by Crippen LogP contribution is -2.47. The van der Waals surface area contributed by atoms with E-state index in [1.54, 1.807) is 13.8 Å². The molecule has 1 rings (SSSR count). The number of carbonyl (C=O) groups is 2. The van der Waals surface area contributed by atoms with Crippen LogP contribution in [0.1, 0.15) is 24.3 Å². The van der Waals surface area contributed by atoms with Crippen LogP contribution in [-0.4, -0.2) is 27.8 Å². The van der Waals surface area contributed by atoms with Gasteiger partial charge in [-0.15, -0.1) is 0 Å². The van der Waals surface area contributed by atoms with Gasteiger partial charge in [0.05, 0.1) is 12.4 Å². The van der Waals surface area contributed by atoms with Gasteiger partial charge in [0.1, 0.15) is 11.7 Å². The predicted molar refractivity (Wildman–Crippen MR) is 65.1 cm³/mol. The molecule has 0 aromatic carbocycles. The minimum Gasteiger partial charge on any atom is -0.368 e. The van der Waals surface area contributed by atoms with Crippen LogP contribution >= 0.6 is 0 Å². The zero-order valence-corrected chi connectivity index (χ0v) is 10.2. The van der Waals surface area contributed by atoms with Gasteiger partial charge in [0.2, 0.25) is 5.91 Å². The second-order valence-corrected chi connectivity index (χ2v) is 4.03. The Bertz CT molecular complexity index is 430. The summed E-state index contributed by atoms with van der Waals surface area (Å²) in [6.07, 6.45) is 2.56. The number of nitrogen functional groups attached to an aromatic ring is 1. The van der Waals surface area contributed by atoms with Crippen molar-refractivity contribution in [1.29, 1.82) is 0 Å². The zero-order valence-electron chi connectivity index (χ0n) is 10.2. The van der Waals surface area contributed by atoms with Crippen LogP contribution < -0.4 is 22.3 Å². The molecule has 2 amide bonds. The summed E-state index contributed by atoms with van der Waals surface area (Å²) in [4.78, 5) is 30.6. The van der Waals surface area contributed by atoms with Crippen molar-refractivity contribution in [3.63, 3.8) is 0 Å². The van der Waals surface area contributed by atoms with Crippen molar-refractivity contribution >= 4 is 17.6 Å². The Morgan fingerprint density at radius 3 is 2.33 bits per heavy atom. The standard InChI is InChI=1S/C10H16N6O2/c1-5(2)8(9(11)17)15-10(18)6-3-14-7(16-12)4-13-6/h3-5,8H,12H2,1-2H3,(H2,11,17)(H,14,16)(H,15,18). The lowest BCUT2D eigenvalue weighted by atomic mass is 10.0. The van der Waals surface area contributed by atoms with Gasteiger partial charge in [-0.05, 0) is 5.92 Å². The van der Waals surface area contributed by atoms with Crippen molar-refractivity contribution in [3.8, 4) is 0 Å². The molecule has 0 saturated carbocycles. The molecule has 1 heterocycles. The zero-order chi connectivity index (χ0) is 13.7. The van der Waals surface area contributed by atoms with E-state index in [-0.39, 0.29) is 11.6 Å². The molecule has 6 N–H and O–H groups in total. The van der Waals surface area contributed by atoms with Crippen molar-refractivity contribution in [1.82, 2.24) is 15.3 Å². The summed E-state index contributed by atoms with van der Waals surface area (Å²) in [6.45, 7) is 3.56. The van der Waals surface area contributed by atoms with Crippen LogP contribution in [0.5, 0.6) is 0 Å². The van der Waals surface area contributed by atoms with Gasteiger partial charge in [-0.3, -0.25) is 9.59 Å². The van der Waals surface area contributed by atoms with Crippen molar-refractivity contribution in [2.75, 3.05) is 5.43 Å². The normalized spacial score (nSPS) is 12.0. The minimum absolute atomic E-state index is 0.0842. The van der Waals surface area contributed by atoms with Gasteiger partial charge in [0.15, 0.2) is 5.82 Å². The number of hydrogen-bond donors (Lipinski definition) is 4. The summed E-state index contributed by atoms with van der Waals surface area (Å²) >= 11 is 0. The maximum Gasteiger partial charge on any atom is 0.272 e. The van der Waals surface area contributed by atoms with Crippen LogP contribution in [0.3, 0.4) is 0 Å². The minimum atomic E-state index is -0.744. The second-order valence-electron chi connectivity index (χ2n) is 4.03. The third-order valence-corrected chi connectivity index (χ3v) is 2.29. The van der Waals surface area contributed by atoms with Crippen LogP contribution in [0, 0.1) is 5.92 Å². The number of amides is 2. The highest BCUT2D eigenvalue weighted by Crippen LogP contribution is 2.03. The SMILES string of the molecule is CC(C)C(NC(=O)c1cnc(NN)cn1)C(N)=O. The van der Waals surface area contributed by atoms with Gasteiger partial charge in [-0.2, -0.15) is 0 Å². The Hall–Kier alpha value is -2.22. The number of primary amides is 1. The summed E-state index contributed by atoms with van der Waals surface area (Å²) < 4.78 is 0. The van der Waals surface area contributed by atoms with E-state index in [0.717, 1.165) is 0 Å². The molecule has 0 fully saturated rings. The number of aromatic nitrogens is 2. The van der Waals surface area contributed by atoms with Crippen molar-refractivity contribution < 1.29 is 9.59 Å². The third-order valence-electron chi connectivity index (χ3n) is 2.29. The maximum atomic E-state index is 11.8. The molecule has 98 valence electrons. The third kappa shape index (κ3) is 3.39.